The van der Waals surface area contributed by atoms with Crippen LogP contribution in [0, 0.1) is 0 Å². The van der Waals surface area contributed by atoms with Gasteiger partial charge in [0.05, 0.1) is 0 Å². The molecule has 0 atom stereocenters. The molecular formula is C8H13N7S. The highest BCUT2D eigenvalue weighted by molar-refractivity contribution is 7.99. The largest absolute Gasteiger partial charge is 0.382 e. The average molecular weight is 239 g/mol. The minimum absolute atomic E-state index is 0.560. The summed E-state index contributed by atoms with van der Waals surface area (Å²) in [5.74, 6) is 1.51. The van der Waals surface area contributed by atoms with E-state index in [0.717, 1.165) is 23.9 Å². The van der Waals surface area contributed by atoms with Crippen LogP contribution in [0.2, 0.25) is 0 Å². The van der Waals surface area contributed by atoms with E-state index in [2.05, 4.69) is 20.6 Å². The summed E-state index contributed by atoms with van der Waals surface area (Å²) in [4.78, 5) is 0. The van der Waals surface area contributed by atoms with Crippen LogP contribution in [-0.4, -0.2) is 35.7 Å². The number of tetrazole rings is 1. The molecule has 2 aromatic heterocycles. The van der Waals surface area contributed by atoms with Crippen molar-refractivity contribution in [2.45, 2.75) is 18.1 Å². The van der Waals surface area contributed by atoms with Gasteiger partial charge in [0.1, 0.15) is 5.82 Å². The lowest BCUT2D eigenvalue weighted by atomic mass is 10.5. The molecule has 0 aliphatic rings. The Morgan fingerprint density at radius 2 is 2.38 bits per heavy atom. The van der Waals surface area contributed by atoms with Crippen LogP contribution in [0.4, 0.5) is 5.82 Å². The van der Waals surface area contributed by atoms with Crippen LogP contribution < -0.4 is 5.73 Å². The van der Waals surface area contributed by atoms with Crippen LogP contribution >= 0.6 is 11.8 Å². The molecule has 7 nitrogen and oxygen atoms in total. The SMILES string of the molecule is Cn1nnnc1SCCCn1ccc(N)n1. The van der Waals surface area contributed by atoms with Crippen molar-refractivity contribution in [1.82, 2.24) is 30.0 Å². The standard InChI is InChI=1S/C8H13N7S/c1-14-8(10-12-13-14)16-6-2-4-15-5-3-7(9)11-15/h3,5H,2,4,6H2,1H3,(H2,9,11). The number of hydrogen-bond acceptors (Lipinski definition) is 6. The van der Waals surface area contributed by atoms with E-state index < -0.39 is 0 Å². The van der Waals surface area contributed by atoms with Gasteiger partial charge in [0, 0.05) is 25.5 Å². The minimum atomic E-state index is 0.560. The highest BCUT2D eigenvalue weighted by Gasteiger charge is 2.02. The van der Waals surface area contributed by atoms with E-state index >= 15 is 0 Å². The van der Waals surface area contributed by atoms with Gasteiger partial charge in [-0.1, -0.05) is 11.8 Å². The molecule has 8 heteroatoms. The monoisotopic (exact) mass is 239 g/mol. The predicted molar refractivity (Wildman–Crippen MR) is 60.8 cm³/mol. The lowest BCUT2D eigenvalue weighted by Crippen LogP contribution is -2.01. The second kappa shape index (κ2) is 4.97. The first-order valence-corrected chi connectivity index (χ1v) is 5.88. The molecule has 16 heavy (non-hydrogen) atoms. The Labute approximate surface area is 97.0 Å². The zero-order valence-corrected chi connectivity index (χ0v) is 9.76. The minimum Gasteiger partial charge on any atom is -0.382 e. The lowest BCUT2D eigenvalue weighted by molar-refractivity contribution is 0.607. The van der Waals surface area contributed by atoms with Gasteiger partial charge in [0.15, 0.2) is 0 Å². The molecule has 2 rings (SSSR count). The quantitative estimate of drug-likeness (QED) is 0.591. The van der Waals surface area contributed by atoms with E-state index in [-0.39, 0.29) is 0 Å². The molecule has 2 N–H and O–H groups in total. The fraction of sp³-hybridized carbons (Fsp3) is 0.500. The van der Waals surface area contributed by atoms with Crippen molar-refractivity contribution in [2.24, 2.45) is 7.05 Å². The van der Waals surface area contributed by atoms with E-state index in [1.165, 1.54) is 0 Å². The van der Waals surface area contributed by atoms with Gasteiger partial charge in [-0.2, -0.15) is 5.10 Å². The fourth-order valence-electron chi connectivity index (χ4n) is 1.24. The van der Waals surface area contributed by atoms with Gasteiger partial charge in [-0.15, -0.1) is 5.10 Å². The Balaban J connectivity index is 1.71. The van der Waals surface area contributed by atoms with Crippen molar-refractivity contribution >= 4 is 17.6 Å². The number of aromatic nitrogens is 6. The molecule has 0 bridgehead atoms. The molecule has 0 unspecified atom stereocenters. The second-order valence-electron chi connectivity index (χ2n) is 3.29. The number of nitrogens with zero attached hydrogens (tertiary/aromatic N) is 6. The maximum absolute atomic E-state index is 5.51. The first kappa shape index (κ1) is 10.9. The number of anilines is 1. The van der Waals surface area contributed by atoms with Crippen molar-refractivity contribution in [3.63, 3.8) is 0 Å². The third kappa shape index (κ3) is 2.72. The van der Waals surface area contributed by atoms with Crippen LogP contribution in [-0.2, 0) is 13.6 Å². The van der Waals surface area contributed by atoms with Crippen molar-refractivity contribution in [2.75, 3.05) is 11.5 Å². The van der Waals surface area contributed by atoms with Crippen LogP contribution in [0.25, 0.3) is 0 Å². The zero-order valence-electron chi connectivity index (χ0n) is 8.94. The molecule has 2 aromatic rings. The summed E-state index contributed by atoms with van der Waals surface area (Å²) in [6.07, 6.45) is 2.88. The van der Waals surface area contributed by atoms with Gasteiger partial charge in [-0.3, -0.25) is 4.68 Å². The summed E-state index contributed by atoms with van der Waals surface area (Å²) in [6.45, 7) is 0.857. The van der Waals surface area contributed by atoms with Crippen molar-refractivity contribution < 1.29 is 0 Å². The molecule has 0 saturated heterocycles. The normalized spacial score (nSPS) is 10.8. The van der Waals surface area contributed by atoms with Crippen LogP contribution in [0.5, 0.6) is 0 Å². The summed E-state index contributed by atoms with van der Waals surface area (Å²) < 4.78 is 3.50. The van der Waals surface area contributed by atoms with E-state index in [1.54, 1.807) is 22.5 Å². The van der Waals surface area contributed by atoms with E-state index in [4.69, 9.17) is 5.73 Å². The number of hydrogen-bond donors (Lipinski definition) is 1. The number of nitrogen functional groups attached to an aromatic ring is 1. The van der Waals surface area contributed by atoms with Gasteiger partial charge >= 0.3 is 0 Å². The molecular weight excluding hydrogens is 226 g/mol. The molecule has 0 aliphatic heterocycles. The average Bonchev–Trinajstić information content (AvgIpc) is 2.83. The summed E-state index contributed by atoms with van der Waals surface area (Å²) in [5.41, 5.74) is 5.51. The first-order chi connectivity index (χ1) is 7.75. The Morgan fingerprint density at radius 1 is 1.50 bits per heavy atom. The molecule has 0 aromatic carbocycles. The van der Waals surface area contributed by atoms with Gasteiger partial charge in [-0.25, -0.2) is 4.68 Å². The Bertz CT molecular complexity index is 449. The van der Waals surface area contributed by atoms with Gasteiger partial charge < -0.3 is 5.73 Å². The topological polar surface area (TPSA) is 87.4 Å². The van der Waals surface area contributed by atoms with Crippen LogP contribution in [0.1, 0.15) is 6.42 Å². The first-order valence-electron chi connectivity index (χ1n) is 4.90. The Hall–Kier alpha value is -1.57. The number of nitrogens with two attached hydrogens (primary N) is 1. The summed E-state index contributed by atoms with van der Waals surface area (Å²) in [6, 6.07) is 1.79. The van der Waals surface area contributed by atoms with E-state index in [0.29, 0.717) is 5.82 Å². The molecule has 2 heterocycles. The lowest BCUT2D eigenvalue weighted by Gasteiger charge is -2.00. The highest BCUT2D eigenvalue weighted by Crippen LogP contribution is 2.13. The Morgan fingerprint density at radius 3 is 3.00 bits per heavy atom. The number of thioether (sulfide) groups is 1. The molecule has 0 aliphatic carbocycles. The van der Waals surface area contributed by atoms with Crippen molar-refractivity contribution in [1.29, 1.82) is 0 Å². The highest BCUT2D eigenvalue weighted by atomic mass is 32.2. The van der Waals surface area contributed by atoms with E-state index in [9.17, 15) is 0 Å². The van der Waals surface area contributed by atoms with Crippen molar-refractivity contribution in [3.8, 4) is 0 Å². The molecule has 0 spiro atoms. The zero-order chi connectivity index (χ0) is 11.4. The molecule has 86 valence electrons. The smallest absolute Gasteiger partial charge is 0.209 e. The maximum Gasteiger partial charge on any atom is 0.209 e. The van der Waals surface area contributed by atoms with Crippen LogP contribution in [0.3, 0.4) is 0 Å². The molecule has 0 fully saturated rings. The second-order valence-corrected chi connectivity index (χ2v) is 4.35. The van der Waals surface area contributed by atoms with Gasteiger partial charge in [0.25, 0.3) is 0 Å². The Kier molecular flexibility index (Phi) is 3.40. The van der Waals surface area contributed by atoms with Crippen molar-refractivity contribution in [3.05, 3.63) is 12.3 Å². The summed E-state index contributed by atoms with van der Waals surface area (Å²) >= 11 is 1.63. The maximum atomic E-state index is 5.51. The van der Waals surface area contributed by atoms with Gasteiger partial charge in [0.2, 0.25) is 5.16 Å². The summed E-state index contributed by atoms with van der Waals surface area (Å²) in [7, 11) is 1.83. The third-order valence-corrected chi connectivity index (χ3v) is 3.10. The molecule has 0 saturated carbocycles. The third-order valence-electron chi connectivity index (χ3n) is 2.01. The fourth-order valence-corrected chi connectivity index (χ4v) is 2.01. The summed E-state index contributed by atoms with van der Waals surface area (Å²) in [5, 5.41) is 16.2. The molecule has 0 amide bonds. The van der Waals surface area contributed by atoms with Gasteiger partial charge in [-0.05, 0) is 22.9 Å². The van der Waals surface area contributed by atoms with E-state index in [1.807, 2.05) is 17.9 Å². The molecule has 0 radical (unpaired) electrons. The number of rotatable bonds is 5. The van der Waals surface area contributed by atoms with Crippen LogP contribution in [0.15, 0.2) is 17.4 Å². The number of aryl methyl sites for hydroxylation is 2. The predicted octanol–water partition coefficient (Wildman–Crippen LogP) is 0.171.